The maximum atomic E-state index is 11.3. The standard InChI is InChI=1S/C11H13N2O2/c1-8-2-4-9(5-3-8)13-11(15)7-6-10(12)14/h2-5H,1,6-7H2,(H2,12,14)(H,13,15). The Morgan fingerprint density at radius 2 is 1.80 bits per heavy atom. The lowest BCUT2D eigenvalue weighted by molar-refractivity contribution is -0.122. The highest BCUT2D eigenvalue weighted by molar-refractivity contribution is 5.92. The zero-order valence-corrected chi connectivity index (χ0v) is 8.32. The van der Waals surface area contributed by atoms with Crippen LogP contribution >= 0.6 is 0 Å². The van der Waals surface area contributed by atoms with Crippen molar-refractivity contribution in [3.8, 4) is 0 Å². The monoisotopic (exact) mass is 205 g/mol. The van der Waals surface area contributed by atoms with Crippen molar-refractivity contribution in [3.05, 3.63) is 36.8 Å². The van der Waals surface area contributed by atoms with Crippen molar-refractivity contribution in [2.75, 3.05) is 5.32 Å². The van der Waals surface area contributed by atoms with Gasteiger partial charge in [0.2, 0.25) is 11.8 Å². The Hall–Kier alpha value is -1.84. The molecule has 0 unspecified atom stereocenters. The number of nitrogens with one attached hydrogen (secondary N) is 1. The molecule has 0 fully saturated rings. The first kappa shape index (κ1) is 11.2. The van der Waals surface area contributed by atoms with Crippen molar-refractivity contribution in [3.63, 3.8) is 0 Å². The summed E-state index contributed by atoms with van der Waals surface area (Å²) in [6, 6.07) is 7.10. The van der Waals surface area contributed by atoms with Gasteiger partial charge in [-0.1, -0.05) is 12.1 Å². The molecular weight excluding hydrogens is 192 g/mol. The molecule has 0 spiro atoms. The lowest BCUT2D eigenvalue weighted by Gasteiger charge is -2.04. The molecule has 1 aromatic carbocycles. The van der Waals surface area contributed by atoms with E-state index in [4.69, 9.17) is 5.73 Å². The molecule has 1 rings (SSSR count). The number of amides is 2. The molecule has 0 saturated carbocycles. The molecular formula is C11H13N2O2. The van der Waals surface area contributed by atoms with Crippen molar-refractivity contribution in [2.45, 2.75) is 12.8 Å². The van der Waals surface area contributed by atoms with Gasteiger partial charge in [-0.25, -0.2) is 0 Å². The zero-order chi connectivity index (χ0) is 11.3. The summed E-state index contributed by atoms with van der Waals surface area (Å²) in [5.74, 6) is -0.691. The number of carbonyl (C=O) groups excluding carboxylic acids is 2. The quantitative estimate of drug-likeness (QED) is 0.771. The second-order valence-corrected chi connectivity index (χ2v) is 3.21. The van der Waals surface area contributed by atoms with Crippen LogP contribution in [0.4, 0.5) is 5.69 Å². The Morgan fingerprint density at radius 1 is 1.20 bits per heavy atom. The number of rotatable bonds is 4. The summed E-state index contributed by atoms with van der Waals surface area (Å²) in [4.78, 5) is 21.7. The van der Waals surface area contributed by atoms with Gasteiger partial charge in [-0.3, -0.25) is 9.59 Å². The molecule has 0 aliphatic carbocycles. The van der Waals surface area contributed by atoms with Crippen LogP contribution in [-0.2, 0) is 9.59 Å². The highest BCUT2D eigenvalue weighted by Crippen LogP contribution is 2.08. The second kappa shape index (κ2) is 5.14. The van der Waals surface area contributed by atoms with Crippen molar-refractivity contribution in [1.82, 2.24) is 0 Å². The molecule has 79 valence electrons. The number of hydrogen-bond donors (Lipinski definition) is 2. The van der Waals surface area contributed by atoms with Crippen molar-refractivity contribution in [2.24, 2.45) is 5.73 Å². The Kier molecular flexibility index (Phi) is 3.85. The first-order chi connectivity index (χ1) is 7.08. The van der Waals surface area contributed by atoms with E-state index in [9.17, 15) is 9.59 Å². The minimum absolute atomic E-state index is 0.0687. The van der Waals surface area contributed by atoms with Crippen LogP contribution in [-0.4, -0.2) is 11.8 Å². The second-order valence-electron chi connectivity index (χ2n) is 3.21. The van der Waals surface area contributed by atoms with E-state index in [1.807, 2.05) is 0 Å². The molecule has 0 aromatic heterocycles. The average Bonchev–Trinajstić information content (AvgIpc) is 2.19. The molecule has 15 heavy (non-hydrogen) atoms. The number of carbonyl (C=O) groups is 2. The molecule has 1 aromatic rings. The van der Waals surface area contributed by atoms with Gasteiger partial charge in [-0.2, -0.15) is 0 Å². The average molecular weight is 205 g/mol. The maximum absolute atomic E-state index is 11.3. The van der Waals surface area contributed by atoms with Crippen LogP contribution < -0.4 is 11.1 Å². The van der Waals surface area contributed by atoms with Crippen LogP contribution in [0.5, 0.6) is 0 Å². The van der Waals surface area contributed by atoms with Crippen LogP contribution in [0.25, 0.3) is 0 Å². The number of nitrogens with two attached hydrogens (primary N) is 1. The summed E-state index contributed by atoms with van der Waals surface area (Å²) in [5, 5.41) is 2.65. The van der Waals surface area contributed by atoms with E-state index in [1.54, 1.807) is 24.3 Å². The van der Waals surface area contributed by atoms with Gasteiger partial charge in [-0.05, 0) is 24.6 Å². The largest absolute Gasteiger partial charge is 0.370 e. The Bertz CT molecular complexity index is 357. The van der Waals surface area contributed by atoms with E-state index in [1.165, 1.54) is 0 Å². The summed E-state index contributed by atoms with van der Waals surface area (Å²) in [6.07, 6.45) is 0.181. The maximum Gasteiger partial charge on any atom is 0.224 e. The highest BCUT2D eigenvalue weighted by atomic mass is 16.2. The van der Waals surface area contributed by atoms with Crippen molar-refractivity contribution < 1.29 is 9.59 Å². The van der Waals surface area contributed by atoms with Crippen LogP contribution in [0.1, 0.15) is 18.4 Å². The number of anilines is 1. The predicted octanol–water partition coefficient (Wildman–Crippen LogP) is 1.07. The Labute approximate surface area is 88.5 Å². The van der Waals surface area contributed by atoms with E-state index < -0.39 is 5.91 Å². The van der Waals surface area contributed by atoms with Gasteiger partial charge in [0.25, 0.3) is 0 Å². The van der Waals surface area contributed by atoms with Crippen LogP contribution in [0.2, 0.25) is 0 Å². The summed E-state index contributed by atoms with van der Waals surface area (Å²) in [5.41, 5.74) is 6.50. The van der Waals surface area contributed by atoms with Crippen molar-refractivity contribution >= 4 is 17.5 Å². The van der Waals surface area contributed by atoms with Gasteiger partial charge in [0.1, 0.15) is 0 Å². The topological polar surface area (TPSA) is 72.2 Å². The third-order valence-corrected chi connectivity index (χ3v) is 1.84. The van der Waals surface area contributed by atoms with Crippen molar-refractivity contribution in [1.29, 1.82) is 0 Å². The number of hydrogen-bond acceptors (Lipinski definition) is 2. The minimum atomic E-state index is -0.474. The third-order valence-electron chi connectivity index (χ3n) is 1.84. The van der Waals surface area contributed by atoms with Crippen LogP contribution in [0, 0.1) is 6.92 Å². The first-order valence-corrected chi connectivity index (χ1v) is 4.58. The fraction of sp³-hybridized carbons (Fsp3) is 0.182. The van der Waals surface area contributed by atoms with E-state index in [2.05, 4.69) is 12.2 Å². The van der Waals surface area contributed by atoms with Gasteiger partial charge >= 0.3 is 0 Å². The summed E-state index contributed by atoms with van der Waals surface area (Å²) < 4.78 is 0. The minimum Gasteiger partial charge on any atom is -0.370 e. The molecule has 4 nitrogen and oxygen atoms in total. The van der Waals surface area contributed by atoms with E-state index in [0.29, 0.717) is 5.69 Å². The lowest BCUT2D eigenvalue weighted by Crippen LogP contribution is -2.17. The Morgan fingerprint density at radius 3 is 2.33 bits per heavy atom. The molecule has 4 heteroatoms. The molecule has 0 bridgehead atoms. The van der Waals surface area contributed by atoms with E-state index in [0.717, 1.165) is 5.56 Å². The van der Waals surface area contributed by atoms with Crippen LogP contribution in [0.15, 0.2) is 24.3 Å². The van der Waals surface area contributed by atoms with E-state index >= 15 is 0 Å². The Balaban J connectivity index is 2.44. The smallest absolute Gasteiger partial charge is 0.224 e. The molecule has 3 N–H and O–H groups in total. The number of primary amides is 1. The molecule has 0 saturated heterocycles. The summed E-state index contributed by atoms with van der Waals surface area (Å²) >= 11 is 0. The van der Waals surface area contributed by atoms with E-state index in [-0.39, 0.29) is 18.7 Å². The van der Waals surface area contributed by atoms with Gasteiger partial charge in [0.05, 0.1) is 0 Å². The third kappa shape index (κ3) is 4.26. The van der Waals surface area contributed by atoms with Gasteiger partial charge < -0.3 is 11.1 Å². The normalized spacial score (nSPS) is 9.67. The number of benzene rings is 1. The lowest BCUT2D eigenvalue weighted by atomic mass is 10.2. The molecule has 0 aliphatic heterocycles. The zero-order valence-electron chi connectivity index (χ0n) is 8.32. The van der Waals surface area contributed by atoms with Crippen LogP contribution in [0.3, 0.4) is 0 Å². The first-order valence-electron chi connectivity index (χ1n) is 4.58. The fourth-order valence-electron chi connectivity index (χ4n) is 1.05. The summed E-state index contributed by atoms with van der Waals surface area (Å²) in [6.45, 7) is 3.73. The highest BCUT2D eigenvalue weighted by Gasteiger charge is 2.03. The molecule has 0 aliphatic rings. The molecule has 0 heterocycles. The SMILES string of the molecule is [CH2]c1ccc(NC(=O)CCC(N)=O)cc1. The van der Waals surface area contributed by atoms with Gasteiger partial charge in [-0.15, -0.1) is 0 Å². The fourth-order valence-corrected chi connectivity index (χ4v) is 1.05. The summed E-state index contributed by atoms with van der Waals surface area (Å²) in [7, 11) is 0. The molecule has 1 radical (unpaired) electrons. The molecule has 0 atom stereocenters. The van der Waals surface area contributed by atoms with Gasteiger partial charge in [0.15, 0.2) is 0 Å². The van der Waals surface area contributed by atoms with Gasteiger partial charge in [0, 0.05) is 18.5 Å². The molecule has 2 amide bonds. The predicted molar refractivity (Wildman–Crippen MR) is 58.0 cm³/mol.